The number of aryl methyl sites for hydroxylation is 1. The van der Waals surface area contributed by atoms with Crippen LogP contribution in [0.15, 0.2) is 42.9 Å². The predicted octanol–water partition coefficient (Wildman–Crippen LogP) is 2.94. The maximum atomic E-state index is 4.20. The fourth-order valence-corrected chi connectivity index (χ4v) is 1.66. The molecule has 15 heavy (non-hydrogen) atoms. The lowest BCUT2D eigenvalue weighted by molar-refractivity contribution is 0.902. The van der Waals surface area contributed by atoms with E-state index in [1.54, 1.807) is 6.20 Å². The number of pyridine rings is 2. The summed E-state index contributed by atoms with van der Waals surface area (Å²) in [7, 11) is 0. The molecular formula is C13H14N2. The number of hydrogen-bond acceptors (Lipinski definition) is 2. The molecule has 0 amide bonds. The summed E-state index contributed by atoms with van der Waals surface area (Å²) in [5, 5.41) is 0. The van der Waals surface area contributed by atoms with Crippen LogP contribution in [0, 0.1) is 6.92 Å². The average Bonchev–Trinajstić information content (AvgIpc) is 2.29. The van der Waals surface area contributed by atoms with E-state index in [2.05, 4.69) is 35.1 Å². The molecule has 0 fully saturated rings. The maximum Gasteiger partial charge on any atom is 0.0375 e. The van der Waals surface area contributed by atoms with Crippen LogP contribution in [-0.4, -0.2) is 9.97 Å². The van der Waals surface area contributed by atoms with Gasteiger partial charge >= 0.3 is 0 Å². The highest BCUT2D eigenvalue weighted by Crippen LogP contribution is 2.22. The molecule has 0 bridgehead atoms. The van der Waals surface area contributed by atoms with Gasteiger partial charge in [0.1, 0.15) is 0 Å². The highest BCUT2D eigenvalue weighted by molar-refractivity contribution is 5.29. The van der Waals surface area contributed by atoms with Gasteiger partial charge in [-0.15, -0.1) is 0 Å². The van der Waals surface area contributed by atoms with E-state index in [1.165, 1.54) is 11.1 Å². The summed E-state index contributed by atoms with van der Waals surface area (Å²) >= 11 is 0. The molecule has 0 aliphatic heterocycles. The lowest BCUT2D eigenvalue weighted by Gasteiger charge is -2.11. The summed E-state index contributed by atoms with van der Waals surface area (Å²) in [6.45, 7) is 4.20. The van der Waals surface area contributed by atoms with E-state index in [1.807, 2.05) is 25.4 Å². The lowest BCUT2D eigenvalue weighted by Crippen LogP contribution is -1.97. The summed E-state index contributed by atoms with van der Waals surface area (Å²) in [5.74, 6) is 0.375. The Bertz CT molecular complexity index is 437. The predicted molar refractivity (Wildman–Crippen MR) is 60.7 cm³/mol. The lowest BCUT2D eigenvalue weighted by atomic mass is 9.95. The van der Waals surface area contributed by atoms with Crippen molar-refractivity contribution in [3.8, 4) is 0 Å². The Hall–Kier alpha value is -1.70. The van der Waals surface area contributed by atoms with Crippen LogP contribution in [0.25, 0.3) is 0 Å². The van der Waals surface area contributed by atoms with Gasteiger partial charge in [0.05, 0.1) is 0 Å². The molecule has 0 aromatic carbocycles. The maximum absolute atomic E-state index is 4.20. The van der Waals surface area contributed by atoms with Crippen LogP contribution >= 0.6 is 0 Å². The third kappa shape index (κ3) is 2.21. The minimum atomic E-state index is 0.375. The van der Waals surface area contributed by atoms with Crippen LogP contribution in [0.5, 0.6) is 0 Å². The zero-order valence-corrected chi connectivity index (χ0v) is 9.01. The Morgan fingerprint density at radius 3 is 2.67 bits per heavy atom. The number of nitrogens with zero attached hydrogens (tertiary/aromatic N) is 2. The van der Waals surface area contributed by atoms with E-state index in [4.69, 9.17) is 0 Å². The molecule has 2 heteroatoms. The van der Waals surface area contributed by atoms with Gasteiger partial charge in [-0.25, -0.2) is 0 Å². The van der Waals surface area contributed by atoms with Crippen molar-refractivity contribution in [2.45, 2.75) is 19.8 Å². The van der Waals surface area contributed by atoms with Crippen molar-refractivity contribution in [1.29, 1.82) is 0 Å². The van der Waals surface area contributed by atoms with Crippen molar-refractivity contribution < 1.29 is 0 Å². The van der Waals surface area contributed by atoms with E-state index in [-0.39, 0.29) is 0 Å². The van der Waals surface area contributed by atoms with Gasteiger partial charge in [-0.2, -0.15) is 0 Å². The molecule has 0 saturated carbocycles. The van der Waals surface area contributed by atoms with Crippen LogP contribution in [0.3, 0.4) is 0 Å². The Kier molecular flexibility index (Phi) is 2.77. The van der Waals surface area contributed by atoms with Gasteiger partial charge < -0.3 is 0 Å². The van der Waals surface area contributed by atoms with Crippen LogP contribution < -0.4 is 0 Å². The van der Waals surface area contributed by atoms with Crippen molar-refractivity contribution in [2.24, 2.45) is 0 Å². The van der Waals surface area contributed by atoms with Crippen molar-refractivity contribution in [3.05, 3.63) is 59.7 Å². The highest BCUT2D eigenvalue weighted by Gasteiger charge is 2.07. The largest absolute Gasteiger partial charge is 0.264 e. The normalized spacial score (nSPS) is 12.4. The zero-order valence-electron chi connectivity index (χ0n) is 9.01. The highest BCUT2D eigenvalue weighted by atomic mass is 14.6. The van der Waals surface area contributed by atoms with E-state index < -0.39 is 0 Å². The molecule has 2 aromatic heterocycles. The van der Waals surface area contributed by atoms with Crippen molar-refractivity contribution in [3.63, 3.8) is 0 Å². The molecule has 2 heterocycles. The second kappa shape index (κ2) is 4.22. The van der Waals surface area contributed by atoms with Crippen LogP contribution in [-0.2, 0) is 0 Å². The van der Waals surface area contributed by atoms with E-state index in [0.29, 0.717) is 5.92 Å². The quantitative estimate of drug-likeness (QED) is 0.741. The van der Waals surface area contributed by atoms with Gasteiger partial charge in [-0.1, -0.05) is 13.0 Å². The molecule has 2 aromatic rings. The number of rotatable bonds is 2. The van der Waals surface area contributed by atoms with E-state index in [9.17, 15) is 0 Å². The van der Waals surface area contributed by atoms with Gasteiger partial charge in [0.2, 0.25) is 0 Å². The van der Waals surface area contributed by atoms with Gasteiger partial charge in [0.15, 0.2) is 0 Å². The first-order chi connectivity index (χ1) is 7.27. The first-order valence-corrected chi connectivity index (χ1v) is 5.10. The molecule has 0 spiro atoms. The summed E-state index contributed by atoms with van der Waals surface area (Å²) in [5.41, 5.74) is 3.59. The average molecular weight is 198 g/mol. The molecule has 76 valence electrons. The van der Waals surface area contributed by atoms with Gasteiger partial charge in [-0.3, -0.25) is 9.97 Å². The summed E-state index contributed by atoms with van der Waals surface area (Å²) in [6, 6.07) is 8.26. The third-order valence-electron chi connectivity index (χ3n) is 2.61. The van der Waals surface area contributed by atoms with Gasteiger partial charge in [0, 0.05) is 30.2 Å². The van der Waals surface area contributed by atoms with Crippen LogP contribution in [0.1, 0.15) is 29.7 Å². The van der Waals surface area contributed by atoms with Crippen molar-refractivity contribution in [1.82, 2.24) is 9.97 Å². The summed E-state index contributed by atoms with van der Waals surface area (Å²) < 4.78 is 0. The Morgan fingerprint density at radius 1 is 1.13 bits per heavy atom. The number of aromatic nitrogens is 2. The molecule has 2 nitrogen and oxygen atoms in total. The molecule has 0 aliphatic carbocycles. The fourth-order valence-electron chi connectivity index (χ4n) is 1.66. The molecule has 1 atom stereocenters. The summed E-state index contributed by atoms with van der Waals surface area (Å²) in [6.07, 6.45) is 5.58. The van der Waals surface area contributed by atoms with E-state index in [0.717, 1.165) is 5.69 Å². The van der Waals surface area contributed by atoms with Gasteiger partial charge in [0.25, 0.3) is 0 Å². The number of hydrogen-bond donors (Lipinski definition) is 0. The Balaban J connectivity index is 2.32. The zero-order chi connectivity index (χ0) is 10.7. The monoisotopic (exact) mass is 198 g/mol. The fraction of sp³-hybridized carbons (Fsp3) is 0.231. The molecule has 0 saturated heterocycles. The first kappa shape index (κ1) is 9.84. The minimum absolute atomic E-state index is 0.375. The smallest absolute Gasteiger partial charge is 0.0375 e. The standard InChI is InChI=1S/C13H14N2/c1-10-8-12(5-7-15-10)11(2)13-4-3-6-14-9-13/h3-9,11H,1-2H3. The molecule has 2 rings (SSSR count). The molecule has 1 unspecified atom stereocenters. The Labute approximate surface area is 90.0 Å². The van der Waals surface area contributed by atoms with Crippen molar-refractivity contribution in [2.75, 3.05) is 0 Å². The van der Waals surface area contributed by atoms with E-state index >= 15 is 0 Å². The van der Waals surface area contributed by atoms with Crippen molar-refractivity contribution >= 4 is 0 Å². The summed E-state index contributed by atoms with van der Waals surface area (Å²) in [4.78, 5) is 8.34. The molecular weight excluding hydrogens is 184 g/mol. The van der Waals surface area contributed by atoms with Crippen LogP contribution in [0.4, 0.5) is 0 Å². The first-order valence-electron chi connectivity index (χ1n) is 5.10. The minimum Gasteiger partial charge on any atom is -0.264 e. The second-order valence-corrected chi connectivity index (χ2v) is 3.74. The molecule has 0 N–H and O–H groups in total. The van der Waals surface area contributed by atoms with Crippen LogP contribution in [0.2, 0.25) is 0 Å². The second-order valence-electron chi connectivity index (χ2n) is 3.74. The SMILES string of the molecule is Cc1cc(C(C)c2cccnc2)ccn1. The van der Waals surface area contributed by atoms with Gasteiger partial charge in [-0.05, 0) is 36.2 Å². The third-order valence-corrected chi connectivity index (χ3v) is 2.61. The topological polar surface area (TPSA) is 25.8 Å². The molecule has 0 aliphatic rings. The molecule has 0 radical (unpaired) electrons. The Morgan fingerprint density at radius 2 is 2.00 bits per heavy atom.